The molecule has 12 heavy (non-hydrogen) atoms. The van der Waals surface area contributed by atoms with E-state index in [-0.39, 0.29) is 0 Å². The SMILES string of the molecule is CC(C)N1[C@H](C)CN(C)C[C@H]1C. The molecule has 0 amide bonds. The molecule has 72 valence electrons. The summed E-state index contributed by atoms with van der Waals surface area (Å²) in [5, 5.41) is 0. The Hall–Kier alpha value is -0.0800. The molecule has 0 aromatic carbocycles. The molecule has 0 aliphatic carbocycles. The molecule has 0 spiro atoms. The fourth-order valence-corrected chi connectivity index (χ4v) is 2.62. The highest BCUT2D eigenvalue weighted by Gasteiger charge is 2.28. The quantitative estimate of drug-likeness (QED) is 0.587. The smallest absolute Gasteiger partial charge is 0.0200 e. The molecule has 1 rings (SSSR count). The van der Waals surface area contributed by atoms with Gasteiger partial charge in [0, 0.05) is 31.2 Å². The van der Waals surface area contributed by atoms with E-state index < -0.39 is 0 Å². The van der Waals surface area contributed by atoms with E-state index in [1.54, 1.807) is 0 Å². The summed E-state index contributed by atoms with van der Waals surface area (Å²) in [5.74, 6) is 0. The maximum absolute atomic E-state index is 2.61. The van der Waals surface area contributed by atoms with Crippen LogP contribution in [0.3, 0.4) is 0 Å². The predicted molar refractivity (Wildman–Crippen MR) is 53.4 cm³/mol. The van der Waals surface area contributed by atoms with Crippen molar-refractivity contribution in [1.29, 1.82) is 0 Å². The van der Waals surface area contributed by atoms with Crippen LogP contribution in [-0.4, -0.2) is 48.1 Å². The van der Waals surface area contributed by atoms with E-state index in [1.165, 1.54) is 13.1 Å². The summed E-state index contributed by atoms with van der Waals surface area (Å²) in [7, 11) is 2.21. The molecule has 1 aliphatic heterocycles. The van der Waals surface area contributed by atoms with Gasteiger partial charge in [0.1, 0.15) is 0 Å². The first-order chi connectivity index (χ1) is 5.52. The highest BCUT2D eigenvalue weighted by molar-refractivity contribution is 4.85. The summed E-state index contributed by atoms with van der Waals surface area (Å²) in [6.45, 7) is 11.7. The fraction of sp³-hybridized carbons (Fsp3) is 1.00. The number of nitrogens with zero attached hydrogens (tertiary/aromatic N) is 2. The van der Waals surface area contributed by atoms with Crippen molar-refractivity contribution in [1.82, 2.24) is 9.80 Å². The van der Waals surface area contributed by atoms with Crippen LogP contribution in [-0.2, 0) is 0 Å². The lowest BCUT2D eigenvalue weighted by Crippen LogP contribution is -2.57. The average molecular weight is 170 g/mol. The van der Waals surface area contributed by atoms with Gasteiger partial charge in [0.15, 0.2) is 0 Å². The van der Waals surface area contributed by atoms with Gasteiger partial charge in [-0.05, 0) is 34.7 Å². The zero-order valence-electron chi connectivity index (χ0n) is 9.04. The van der Waals surface area contributed by atoms with Crippen molar-refractivity contribution in [2.45, 2.75) is 45.8 Å². The summed E-state index contributed by atoms with van der Waals surface area (Å²) in [5.41, 5.74) is 0. The molecule has 2 nitrogen and oxygen atoms in total. The maximum Gasteiger partial charge on any atom is 0.0200 e. The van der Waals surface area contributed by atoms with Crippen molar-refractivity contribution in [3.63, 3.8) is 0 Å². The van der Waals surface area contributed by atoms with Gasteiger partial charge in [-0.3, -0.25) is 4.90 Å². The largest absolute Gasteiger partial charge is 0.303 e. The molecule has 0 bridgehead atoms. The molecular weight excluding hydrogens is 148 g/mol. The maximum atomic E-state index is 2.61. The van der Waals surface area contributed by atoms with Crippen LogP contribution in [0.15, 0.2) is 0 Å². The molecule has 2 heteroatoms. The number of piperazine rings is 1. The van der Waals surface area contributed by atoms with Crippen molar-refractivity contribution < 1.29 is 0 Å². The van der Waals surface area contributed by atoms with Gasteiger partial charge in [0.2, 0.25) is 0 Å². The molecule has 1 saturated heterocycles. The van der Waals surface area contributed by atoms with E-state index in [0.717, 1.165) is 0 Å². The van der Waals surface area contributed by atoms with E-state index in [1.807, 2.05) is 0 Å². The fourth-order valence-electron chi connectivity index (χ4n) is 2.62. The third-order valence-electron chi connectivity index (χ3n) is 2.77. The molecule has 1 heterocycles. The molecule has 2 atom stereocenters. The van der Waals surface area contributed by atoms with Crippen molar-refractivity contribution in [3.05, 3.63) is 0 Å². The highest BCUT2D eigenvalue weighted by Crippen LogP contribution is 2.16. The zero-order valence-corrected chi connectivity index (χ0v) is 9.04. The van der Waals surface area contributed by atoms with E-state index >= 15 is 0 Å². The van der Waals surface area contributed by atoms with Crippen LogP contribution in [0, 0.1) is 0 Å². The van der Waals surface area contributed by atoms with Crippen LogP contribution in [0.25, 0.3) is 0 Å². The second-order valence-electron chi connectivity index (χ2n) is 4.46. The summed E-state index contributed by atoms with van der Waals surface area (Å²) < 4.78 is 0. The Bertz CT molecular complexity index is 133. The molecule has 0 radical (unpaired) electrons. The minimum atomic E-state index is 0.684. The van der Waals surface area contributed by atoms with E-state index in [0.29, 0.717) is 18.1 Å². The minimum Gasteiger partial charge on any atom is -0.303 e. The molecule has 0 aromatic rings. The van der Waals surface area contributed by atoms with Gasteiger partial charge in [-0.25, -0.2) is 0 Å². The van der Waals surface area contributed by atoms with Gasteiger partial charge in [0.25, 0.3) is 0 Å². The lowest BCUT2D eigenvalue weighted by molar-refractivity contribution is 0.0280. The van der Waals surface area contributed by atoms with Gasteiger partial charge in [0.05, 0.1) is 0 Å². The standard InChI is InChI=1S/C10H22N2/c1-8(2)12-9(3)6-11(5)7-10(12)4/h8-10H,6-7H2,1-5H3/t9-,10-/m1/s1. The van der Waals surface area contributed by atoms with Gasteiger partial charge >= 0.3 is 0 Å². The Balaban J connectivity index is 2.60. The summed E-state index contributed by atoms with van der Waals surface area (Å²) >= 11 is 0. The Kier molecular flexibility index (Phi) is 3.13. The first kappa shape index (κ1) is 10.0. The number of hydrogen-bond donors (Lipinski definition) is 0. The summed E-state index contributed by atoms with van der Waals surface area (Å²) in [6, 6.07) is 2.10. The number of hydrogen-bond acceptors (Lipinski definition) is 2. The Morgan fingerprint density at radius 3 is 1.83 bits per heavy atom. The van der Waals surface area contributed by atoms with Crippen molar-refractivity contribution in [3.8, 4) is 0 Å². The highest BCUT2D eigenvalue weighted by atomic mass is 15.3. The molecule has 0 N–H and O–H groups in total. The van der Waals surface area contributed by atoms with Crippen molar-refractivity contribution in [2.24, 2.45) is 0 Å². The topological polar surface area (TPSA) is 6.48 Å². The lowest BCUT2D eigenvalue weighted by atomic mass is 10.1. The van der Waals surface area contributed by atoms with E-state index in [2.05, 4.69) is 44.5 Å². The third-order valence-corrected chi connectivity index (χ3v) is 2.77. The molecule has 0 aromatic heterocycles. The Labute approximate surface area is 76.5 Å². The first-order valence-corrected chi connectivity index (χ1v) is 4.98. The van der Waals surface area contributed by atoms with Crippen LogP contribution in [0.5, 0.6) is 0 Å². The predicted octanol–water partition coefficient (Wildman–Crippen LogP) is 1.42. The number of likely N-dealkylation sites (N-methyl/N-ethyl adjacent to an activating group) is 1. The van der Waals surface area contributed by atoms with Crippen molar-refractivity contribution >= 4 is 0 Å². The Morgan fingerprint density at radius 1 is 1.08 bits per heavy atom. The van der Waals surface area contributed by atoms with E-state index in [4.69, 9.17) is 0 Å². The summed E-state index contributed by atoms with van der Waals surface area (Å²) in [4.78, 5) is 5.04. The molecule has 1 aliphatic rings. The van der Waals surface area contributed by atoms with Crippen LogP contribution in [0.4, 0.5) is 0 Å². The third kappa shape index (κ3) is 1.99. The average Bonchev–Trinajstić information content (AvgIpc) is 1.82. The minimum absolute atomic E-state index is 0.684. The normalized spacial score (nSPS) is 34.5. The molecule has 0 unspecified atom stereocenters. The first-order valence-electron chi connectivity index (χ1n) is 4.98. The van der Waals surface area contributed by atoms with Gasteiger partial charge < -0.3 is 4.90 Å². The van der Waals surface area contributed by atoms with Gasteiger partial charge in [-0.15, -0.1) is 0 Å². The second-order valence-corrected chi connectivity index (χ2v) is 4.46. The van der Waals surface area contributed by atoms with Crippen molar-refractivity contribution in [2.75, 3.05) is 20.1 Å². The van der Waals surface area contributed by atoms with Gasteiger partial charge in [-0.2, -0.15) is 0 Å². The van der Waals surface area contributed by atoms with Crippen LogP contribution in [0.1, 0.15) is 27.7 Å². The molecular formula is C10H22N2. The monoisotopic (exact) mass is 170 g/mol. The van der Waals surface area contributed by atoms with Crippen LogP contribution >= 0.6 is 0 Å². The lowest BCUT2D eigenvalue weighted by Gasteiger charge is -2.45. The second kappa shape index (κ2) is 3.75. The number of rotatable bonds is 1. The van der Waals surface area contributed by atoms with Gasteiger partial charge in [-0.1, -0.05) is 0 Å². The summed E-state index contributed by atoms with van der Waals surface area (Å²) in [6.07, 6.45) is 0. The zero-order chi connectivity index (χ0) is 9.30. The molecule has 0 saturated carbocycles. The van der Waals surface area contributed by atoms with Crippen LogP contribution in [0.2, 0.25) is 0 Å². The molecule has 1 fully saturated rings. The Morgan fingerprint density at radius 2 is 1.50 bits per heavy atom. The van der Waals surface area contributed by atoms with E-state index in [9.17, 15) is 0 Å². The van der Waals surface area contributed by atoms with Crippen LogP contribution < -0.4 is 0 Å².